The quantitative estimate of drug-likeness (QED) is 0.808. The number of benzene rings is 1. The van der Waals surface area contributed by atoms with Crippen LogP contribution in [0, 0.1) is 0 Å². The molecule has 4 amide bonds. The number of nitrogens with one attached hydrogen (secondary N) is 2. The molecule has 0 bridgehead atoms. The maximum absolute atomic E-state index is 12.7. The summed E-state index contributed by atoms with van der Waals surface area (Å²) in [6, 6.07) is 7.68. The minimum absolute atomic E-state index is 0.113. The van der Waals surface area contributed by atoms with Gasteiger partial charge in [0.25, 0.3) is 11.8 Å². The van der Waals surface area contributed by atoms with Gasteiger partial charge in [0.1, 0.15) is 5.54 Å². The summed E-state index contributed by atoms with van der Waals surface area (Å²) in [4.78, 5) is 39.6. The molecule has 1 unspecified atom stereocenters. The maximum Gasteiger partial charge on any atom is 0.344 e. The van der Waals surface area contributed by atoms with Crippen molar-refractivity contribution in [2.45, 2.75) is 57.0 Å². The van der Waals surface area contributed by atoms with Crippen LogP contribution >= 0.6 is 0 Å². The largest absolute Gasteiger partial charge is 0.359 e. The number of urea groups is 1. The van der Waals surface area contributed by atoms with E-state index in [0.29, 0.717) is 12.8 Å². The molecule has 1 saturated carbocycles. The molecule has 3 aliphatic rings. The molecular formula is C19H24N4O3. The summed E-state index contributed by atoms with van der Waals surface area (Å²) in [5.41, 5.74) is 3.95. The van der Waals surface area contributed by atoms with Crippen molar-refractivity contribution in [2.75, 3.05) is 11.4 Å². The van der Waals surface area contributed by atoms with Crippen LogP contribution in [-0.2, 0) is 16.0 Å². The number of hydrogen-bond donors (Lipinski definition) is 2. The zero-order chi connectivity index (χ0) is 18.3. The number of para-hydroxylation sites is 1. The molecule has 1 saturated heterocycles. The van der Waals surface area contributed by atoms with Crippen LogP contribution in [0.2, 0.25) is 0 Å². The first-order valence-corrected chi connectivity index (χ1v) is 9.31. The third-order valence-electron chi connectivity index (χ3n) is 5.77. The van der Waals surface area contributed by atoms with Crippen molar-refractivity contribution < 1.29 is 14.4 Å². The molecule has 0 radical (unpaired) electrons. The van der Waals surface area contributed by atoms with Gasteiger partial charge in [-0.3, -0.25) is 15.0 Å². The van der Waals surface area contributed by atoms with E-state index in [4.69, 9.17) is 0 Å². The Morgan fingerprint density at radius 1 is 1.23 bits per heavy atom. The van der Waals surface area contributed by atoms with Crippen LogP contribution in [0.25, 0.3) is 0 Å². The molecule has 1 aliphatic carbocycles. The second kappa shape index (κ2) is 6.30. The van der Waals surface area contributed by atoms with Gasteiger partial charge in [-0.1, -0.05) is 37.5 Å². The Balaban J connectivity index is 1.44. The van der Waals surface area contributed by atoms with Gasteiger partial charge in [-0.2, -0.15) is 5.01 Å². The van der Waals surface area contributed by atoms with Gasteiger partial charge in [-0.25, -0.2) is 4.79 Å². The normalized spacial score (nSPS) is 24.0. The molecule has 1 aromatic carbocycles. The highest BCUT2D eigenvalue weighted by Gasteiger charge is 2.52. The highest BCUT2D eigenvalue weighted by molar-refractivity contribution is 6.08. The molecule has 2 heterocycles. The molecule has 1 spiro atoms. The average Bonchev–Trinajstić information content (AvgIpc) is 3.05. The SMILES string of the molecule is CC1Cc2ccccc2N1CC(=O)NN1C(=O)NC2(CCCCC2)C1=O. The van der Waals surface area contributed by atoms with Gasteiger partial charge in [0.2, 0.25) is 0 Å². The number of carbonyl (C=O) groups excluding carboxylic acids is 3. The van der Waals surface area contributed by atoms with Gasteiger partial charge in [0, 0.05) is 11.7 Å². The summed E-state index contributed by atoms with van der Waals surface area (Å²) in [5.74, 6) is -0.685. The lowest BCUT2D eigenvalue weighted by Gasteiger charge is -2.30. The van der Waals surface area contributed by atoms with Gasteiger partial charge in [0.05, 0.1) is 6.54 Å². The number of rotatable bonds is 3. The lowest BCUT2D eigenvalue weighted by Crippen LogP contribution is -2.52. The fraction of sp³-hybridized carbons (Fsp3) is 0.526. The molecule has 138 valence electrons. The molecule has 7 heteroatoms. The Morgan fingerprint density at radius 2 is 1.96 bits per heavy atom. The van der Waals surface area contributed by atoms with E-state index >= 15 is 0 Å². The van der Waals surface area contributed by atoms with E-state index in [-0.39, 0.29) is 24.4 Å². The number of nitrogens with zero attached hydrogens (tertiary/aromatic N) is 2. The summed E-state index contributed by atoms with van der Waals surface area (Å²) in [6.45, 7) is 2.18. The van der Waals surface area contributed by atoms with Crippen molar-refractivity contribution in [3.8, 4) is 0 Å². The standard InChI is InChI=1S/C19H24N4O3/c1-13-11-14-7-3-4-8-15(14)22(13)12-16(24)21-23-17(25)19(20-18(23)26)9-5-2-6-10-19/h3-4,7-8,13H,2,5-6,9-12H2,1H3,(H,20,26)(H,21,24). The first kappa shape index (κ1) is 16.9. The fourth-order valence-corrected chi connectivity index (χ4v) is 4.40. The molecule has 1 atom stereocenters. The number of carbonyl (C=O) groups is 3. The second-order valence-electron chi connectivity index (χ2n) is 7.56. The molecule has 26 heavy (non-hydrogen) atoms. The zero-order valence-electron chi connectivity index (χ0n) is 15.0. The molecule has 4 rings (SSSR count). The van der Waals surface area contributed by atoms with Crippen molar-refractivity contribution in [2.24, 2.45) is 0 Å². The number of fused-ring (bicyclic) bond motifs is 1. The number of hydrazine groups is 1. The van der Waals surface area contributed by atoms with Crippen molar-refractivity contribution >= 4 is 23.5 Å². The number of hydrogen-bond acceptors (Lipinski definition) is 4. The lowest BCUT2D eigenvalue weighted by atomic mass is 9.82. The minimum Gasteiger partial charge on any atom is -0.359 e. The van der Waals surface area contributed by atoms with Crippen molar-refractivity contribution in [1.82, 2.24) is 15.8 Å². The summed E-state index contributed by atoms with van der Waals surface area (Å²) in [6.07, 6.45) is 5.06. The lowest BCUT2D eigenvalue weighted by molar-refractivity contribution is -0.139. The van der Waals surface area contributed by atoms with Gasteiger partial charge >= 0.3 is 6.03 Å². The Bertz CT molecular complexity index is 757. The van der Waals surface area contributed by atoms with E-state index in [0.717, 1.165) is 36.4 Å². The Hall–Kier alpha value is -2.57. The maximum atomic E-state index is 12.7. The van der Waals surface area contributed by atoms with Crippen LogP contribution in [0.15, 0.2) is 24.3 Å². The fourth-order valence-electron chi connectivity index (χ4n) is 4.40. The van der Waals surface area contributed by atoms with Crippen molar-refractivity contribution in [3.05, 3.63) is 29.8 Å². The molecular weight excluding hydrogens is 332 g/mol. The van der Waals surface area contributed by atoms with Crippen LogP contribution in [-0.4, -0.2) is 41.0 Å². The summed E-state index contributed by atoms with van der Waals surface area (Å²) in [7, 11) is 0. The molecule has 0 aromatic heterocycles. The Kier molecular flexibility index (Phi) is 4.09. The predicted octanol–water partition coefficient (Wildman–Crippen LogP) is 1.72. The van der Waals surface area contributed by atoms with E-state index in [1.54, 1.807) is 0 Å². The monoisotopic (exact) mass is 356 g/mol. The van der Waals surface area contributed by atoms with Crippen LogP contribution in [0.1, 0.15) is 44.6 Å². The smallest absolute Gasteiger partial charge is 0.344 e. The number of imide groups is 1. The van der Waals surface area contributed by atoms with E-state index < -0.39 is 11.6 Å². The van der Waals surface area contributed by atoms with E-state index in [2.05, 4.69) is 23.7 Å². The zero-order valence-corrected chi connectivity index (χ0v) is 15.0. The highest BCUT2D eigenvalue weighted by Crippen LogP contribution is 2.33. The van der Waals surface area contributed by atoms with Crippen LogP contribution in [0.3, 0.4) is 0 Å². The first-order chi connectivity index (χ1) is 12.5. The third kappa shape index (κ3) is 2.71. The minimum atomic E-state index is -0.823. The number of amides is 4. The summed E-state index contributed by atoms with van der Waals surface area (Å²) >= 11 is 0. The van der Waals surface area contributed by atoms with Gasteiger partial charge in [-0.05, 0) is 37.8 Å². The van der Waals surface area contributed by atoms with Gasteiger partial charge in [0.15, 0.2) is 0 Å². The molecule has 2 aliphatic heterocycles. The van der Waals surface area contributed by atoms with Gasteiger partial charge in [-0.15, -0.1) is 0 Å². The second-order valence-corrected chi connectivity index (χ2v) is 7.56. The highest BCUT2D eigenvalue weighted by atomic mass is 16.2. The van der Waals surface area contributed by atoms with E-state index in [1.807, 2.05) is 23.1 Å². The summed E-state index contributed by atoms with van der Waals surface area (Å²) in [5, 5.41) is 3.68. The Labute approximate surface area is 152 Å². The number of anilines is 1. The van der Waals surface area contributed by atoms with Crippen LogP contribution in [0.5, 0.6) is 0 Å². The Morgan fingerprint density at radius 3 is 2.73 bits per heavy atom. The van der Waals surface area contributed by atoms with Gasteiger partial charge < -0.3 is 10.2 Å². The molecule has 2 N–H and O–H groups in total. The van der Waals surface area contributed by atoms with E-state index in [9.17, 15) is 14.4 Å². The predicted molar refractivity (Wildman–Crippen MR) is 96.3 cm³/mol. The van der Waals surface area contributed by atoms with Crippen LogP contribution < -0.4 is 15.6 Å². The first-order valence-electron chi connectivity index (χ1n) is 9.31. The van der Waals surface area contributed by atoms with E-state index in [1.165, 1.54) is 5.56 Å². The topological polar surface area (TPSA) is 81.8 Å². The average molecular weight is 356 g/mol. The molecule has 2 fully saturated rings. The molecule has 7 nitrogen and oxygen atoms in total. The summed E-state index contributed by atoms with van der Waals surface area (Å²) < 4.78 is 0. The van der Waals surface area contributed by atoms with Crippen molar-refractivity contribution in [1.29, 1.82) is 0 Å². The molecule has 1 aromatic rings. The van der Waals surface area contributed by atoms with Crippen LogP contribution in [0.4, 0.5) is 10.5 Å². The van der Waals surface area contributed by atoms with Crippen molar-refractivity contribution in [3.63, 3.8) is 0 Å². The third-order valence-corrected chi connectivity index (χ3v) is 5.77.